The minimum absolute atomic E-state index is 0.0103. The topological polar surface area (TPSA) is 48.0 Å². The quantitative estimate of drug-likeness (QED) is 0.898. The molecule has 94 valence electrons. The van der Waals surface area contributed by atoms with Crippen molar-refractivity contribution in [2.24, 2.45) is 5.73 Å². The molecule has 2 aromatic rings. The minimum atomic E-state index is -0.370. The summed E-state index contributed by atoms with van der Waals surface area (Å²) in [5.41, 5.74) is 7.75. The fourth-order valence-corrected chi connectivity index (χ4v) is 2.01. The van der Waals surface area contributed by atoms with Crippen LogP contribution in [0.5, 0.6) is 0 Å². The number of hydrogen-bond donors (Lipinski definition) is 1. The SMILES string of the molecule is CC(C)n1cccc(C(N)c2ccccc2)c1=O. The molecule has 0 amide bonds. The van der Waals surface area contributed by atoms with Crippen molar-refractivity contribution in [3.63, 3.8) is 0 Å². The van der Waals surface area contributed by atoms with Gasteiger partial charge in [0.2, 0.25) is 0 Å². The summed E-state index contributed by atoms with van der Waals surface area (Å²) in [5.74, 6) is 0. The first kappa shape index (κ1) is 12.6. The maximum atomic E-state index is 12.3. The molecule has 0 saturated heterocycles. The Labute approximate surface area is 107 Å². The molecule has 1 heterocycles. The zero-order valence-corrected chi connectivity index (χ0v) is 10.7. The second kappa shape index (κ2) is 5.19. The molecule has 0 aliphatic carbocycles. The summed E-state index contributed by atoms with van der Waals surface area (Å²) in [5, 5.41) is 0. The average molecular weight is 242 g/mol. The van der Waals surface area contributed by atoms with Crippen LogP contribution < -0.4 is 11.3 Å². The molecule has 0 aliphatic rings. The van der Waals surface area contributed by atoms with E-state index in [9.17, 15) is 4.79 Å². The van der Waals surface area contributed by atoms with E-state index in [0.717, 1.165) is 5.56 Å². The van der Waals surface area contributed by atoms with Gasteiger partial charge in [0.05, 0.1) is 6.04 Å². The Balaban J connectivity index is 2.46. The molecule has 1 atom stereocenters. The fourth-order valence-electron chi connectivity index (χ4n) is 2.01. The zero-order chi connectivity index (χ0) is 13.1. The molecule has 3 heteroatoms. The highest BCUT2D eigenvalue weighted by Gasteiger charge is 2.14. The number of rotatable bonds is 3. The number of nitrogens with zero attached hydrogens (tertiary/aromatic N) is 1. The van der Waals surface area contributed by atoms with Gasteiger partial charge in [-0.25, -0.2) is 0 Å². The number of nitrogens with two attached hydrogens (primary N) is 1. The molecule has 2 rings (SSSR count). The van der Waals surface area contributed by atoms with E-state index in [1.54, 1.807) is 16.8 Å². The van der Waals surface area contributed by atoms with Gasteiger partial charge in [0, 0.05) is 17.8 Å². The molecule has 18 heavy (non-hydrogen) atoms. The van der Waals surface area contributed by atoms with E-state index in [4.69, 9.17) is 5.73 Å². The molecule has 0 aliphatic heterocycles. The Morgan fingerprint density at radius 1 is 1.06 bits per heavy atom. The summed E-state index contributed by atoms with van der Waals surface area (Å²) in [7, 11) is 0. The summed E-state index contributed by atoms with van der Waals surface area (Å²) in [6.45, 7) is 3.97. The minimum Gasteiger partial charge on any atom is -0.320 e. The van der Waals surface area contributed by atoms with Crippen LogP contribution in [-0.2, 0) is 0 Å². The molecule has 2 N–H and O–H groups in total. The third-order valence-electron chi connectivity index (χ3n) is 3.05. The second-order valence-corrected chi connectivity index (χ2v) is 4.66. The van der Waals surface area contributed by atoms with Crippen molar-refractivity contribution in [3.8, 4) is 0 Å². The lowest BCUT2D eigenvalue weighted by Crippen LogP contribution is -2.29. The van der Waals surface area contributed by atoms with Gasteiger partial charge in [-0.05, 0) is 25.5 Å². The van der Waals surface area contributed by atoms with Crippen molar-refractivity contribution in [1.82, 2.24) is 4.57 Å². The van der Waals surface area contributed by atoms with E-state index in [2.05, 4.69) is 0 Å². The first-order chi connectivity index (χ1) is 8.61. The Kier molecular flexibility index (Phi) is 3.63. The maximum absolute atomic E-state index is 12.3. The molecule has 1 aromatic carbocycles. The van der Waals surface area contributed by atoms with Gasteiger partial charge in [0.1, 0.15) is 0 Å². The fraction of sp³-hybridized carbons (Fsp3) is 0.267. The monoisotopic (exact) mass is 242 g/mol. The summed E-state index contributed by atoms with van der Waals surface area (Å²) in [6.07, 6.45) is 1.80. The third-order valence-corrected chi connectivity index (χ3v) is 3.05. The van der Waals surface area contributed by atoms with Gasteiger partial charge in [0.15, 0.2) is 0 Å². The number of pyridine rings is 1. The Hall–Kier alpha value is -1.87. The summed E-state index contributed by atoms with van der Waals surface area (Å²) in [4.78, 5) is 12.3. The molecular weight excluding hydrogens is 224 g/mol. The van der Waals surface area contributed by atoms with Gasteiger partial charge < -0.3 is 10.3 Å². The molecule has 1 aromatic heterocycles. The lowest BCUT2D eigenvalue weighted by molar-refractivity contribution is 0.570. The van der Waals surface area contributed by atoms with E-state index >= 15 is 0 Å². The van der Waals surface area contributed by atoms with Crippen LogP contribution in [0, 0.1) is 0 Å². The van der Waals surface area contributed by atoms with Crippen LogP contribution in [0.1, 0.15) is 37.1 Å². The molecule has 3 nitrogen and oxygen atoms in total. The van der Waals surface area contributed by atoms with E-state index in [1.807, 2.05) is 50.2 Å². The molecule has 0 radical (unpaired) electrons. The lowest BCUT2D eigenvalue weighted by Gasteiger charge is -2.15. The van der Waals surface area contributed by atoms with Crippen molar-refractivity contribution in [2.45, 2.75) is 25.9 Å². The average Bonchev–Trinajstić information content (AvgIpc) is 2.39. The van der Waals surface area contributed by atoms with Gasteiger partial charge in [-0.2, -0.15) is 0 Å². The van der Waals surface area contributed by atoms with Crippen molar-refractivity contribution >= 4 is 0 Å². The molecule has 0 bridgehead atoms. The maximum Gasteiger partial charge on any atom is 0.255 e. The van der Waals surface area contributed by atoms with Crippen molar-refractivity contribution in [1.29, 1.82) is 0 Å². The predicted molar refractivity (Wildman–Crippen MR) is 73.6 cm³/mol. The zero-order valence-electron chi connectivity index (χ0n) is 10.7. The third kappa shape index (κ3) is 2.36. The summed E-state index contributed by atoms with van der Waals surface area (Å²) < 4.78 is 1.71. The number of benzene rings is 1. The smallest absolute Gasteiger partial charge is 0.255 e. The largest absolute Gasteiger partial charge is 0.320 e. The van der Waals surface area contributed by atoms with Crippen molar-refractivity contribution < 1.29 is 0 Å². The Morgan fingerprint density at radius 3 is 2.33 bits per heavy atom. The molecular formula is C15H18N2O. The highest BCUT2D eigenvalue weighted by atomic mass is 16.1. The summed E-state index contributed by atoms with van der Waals surface area (Å²) >= 11 is 0. The van der Waals surface area contributed by atoms with Crippen molar-refractivity contribution in [2.75, 3.05) is 0 Å². The molecule has 0 saturated carbocycles. The van der Waals surface area contributed by atoms with Crippen LogP contribution >= 0.6 is 0 Å². The Morgan fingerprint density at radius 2 is 1.72 bits per heavy atom. The highest BCUT2D eigenvalue weighted by molar-refractivity contribution is 5.29. The second-order valence-electron chi connectivity index (χ2n) is 4.66. The van der Waals surface area contributed by atoms with Gasteiger partial charge >= 0.3 is 0 Å². The highest BCUT2D eigenvalue weighted by Crippen LogP contribution is 2.16. The van der Waals surface area contributed by atoms with Crippen LogP contribution in [0.25, 0.3) is 0 Å². The van der Waals surface area contributed by atoms with Crippen LogP contribution in [0.3, 0.4) is 0 Å². The Bertz CT molecular complexity index is 573. The van der Waals surface area contributed by atoms with E-state index in [0.29, 0.717) is 5.56 Å². The standard InChI is InChI=1S/C15H18N2O/c1-11(2)17-10-6-9-13(15(17)18)14(16)12-7-4-3-5-8-12/h3-11,14H,16H2,1-2H3. The number of aromatic nitrogens is 1. The molecule has 1 unspecified atom stereocenters. The van der Waals surface area contributed by atoms with Gasteiger partial charge in [-0.1, -0.05) is 36.4 Å². The van der Waals surface area contributed by atoms with Gasteiger partial charge in [-0.3, -0.25) is 4.79 Å². The van der Waals surface area contributed by atoms with E-state index in [-0.39, 0.29) is 17.6 Å². The van der Waals surface area contributed by atoms with Gasteiger partial charge in [-0.15, -0.1) is 0 Å². The molecule has 0 fully saturated rings. The molecule has 0 spiro atoms. The van der Waals surface area contributed by atoms with E-state index in [1.165, 1.54) is 0 Å². The predicted octanol–water partition coefficient (Wildman–Crippen LogP) is 2.48. The summed E-state index contributed by atoms with van der Waals surface area (Å²) in [6, 6.07) is 13.1. The lowest BCUT2D eigenvalue weighted by atomic mass is 10.0. The number of hydrogen-bond acceptors (Lipinski definition) is 2. The van der Waals surface area contributed by atoms with Crippen LogP contribution in [-0.4, -0.2) is 4.57 Å². The normalized spacial score (nSPS) is 12.7. The van der Waals surface area contributed by atoms with Crippen LogP contribution in [0.2, 0.25) is 0 Å². The van der Waals surface area contributed by atoms with E-state index < -0.39 is 0 Å². The van der Waals surface area contributed by atoms with Crippen LogP contribution in [0.15, 0.2) is 53.5 Å². The first-order valence-corrected chi connectivity index (χ1v) is 6.13. The van der Waals surface area contributed by atoms with Crippen molar-refractivity contribution in [3.05, 3.63) is 70.1 Å². The first-order valence-electron chi connectivity index (χ1n) is 6.13. The van der Waals surface area contributed by atoms with Crippen LogP contribution in [0.4, 0.5) is 0 Å². The van der Waals surface area contributed by atoms with Gasteiger partial charge in [0.25, 0.3) is 5.56 Å².